The van der Waals surface area contributed by atoms with Crippen LogP contribution >= 0.6 is 23.4 Å². The van der Waals surface area contributed by atoms with E-state index < -0.39 is 0 Å². The second-order valence-corrected chi connectivity index (χ2v) is 9.72. The van der Waals surface area contributed by atoms with E-state index in [0.29, 0.717) is 16.1 Å². The van der Waals surface area contributed by atoms with Crippen LogP contribution in [0, 0.1) is 6.92 Å². The van der Waals surface area contributed by atoms with Crippen molar-refractivity contribution in [2.75, 3.05) is 30.8 Å². The molecule has 31 heavy (non-hydrogen) atoms. The fraction of sp³-hybridized carbons (Fsp3) is 0.364. The first kappa shape index (κ1) is 20.5. The number of nitrogens with one attached hydrogen (secondary N) is 1. The highest BCUT2D eigenvalue weighted by Crippen LogP contribution is 2.43. The zero-order valence-electron chi connectivity index (χ0n) is 17.5. The molecule has 2 aliphatic rings. The van der Waals surface area contributed by atoms with E-state index >= 15 is 0 Å². The summed E-state index contributed by atoms with van der Waals surface area (Å²) in [5.41, 5.74) is 4.43. The first-order valence-electron chi connectivity index (χ1n) is 10.4. The van der Waals surface area contributed by atoms with Crippen LogP contribution in [0.15, 0.2) is 47.6 Å². The fourth-order valence-corrected chi connectivity index (χ4v) is 5.61. The van der Waals surface area contributed by atoms with Gasteiger partial charge in [0.2, 0.25) is 11.1 Å². The van der Waals surface area contributed by atoms with Crippen molar-refractivity contribution in [3.05, 3.63) is 58.6 Å². The molecule has 0 saturated carbocycles. The first-order chi connectivity index (χ1) is 15.0. The van der Waals surface area contributed by atoms with Gasteiger partial charge >= 0.3 is 0 Å². The number of hydrogen-bond donors (Lipinski definition) is 1. The predicted molar refractivity (Wildman–Crippen MR) is 121 cm³/mol. The lowest BCUT2D eigenvalue weighted by molar-refractivity contribution is -0.886. The van der Waals surface area contributed by atoms with Crippen LogP contribution in [-0.2, 0) is 4.79 Å². The Morgan fingerprint density at radius 1 is 1.26 bits per heavy atom. The summed E-state index contributed by atoms with van der Waals surface area (Å²) in [6, 6.07) is 14.0. The third-order valence-electron chi connectivity index (χ3n) is 6.18. The van der Waals surface area contributed by atoms with Crippen LogP contribution in [0.4, 0.5) is 5.69 Å². The molecule has 0 spiro atoms. The van der Waals surface area contributed by atoms with E-state index in [2.05, 4.69) is 47.7 Å². The molecule has 2 aliphatic heterocycles. The largest absolute Gasteiger partial charge is 0.337 e. The Bertz CT molecular complexity index is 1120. The third kappa shape index (κ3) is 3.84. The summed E-state index contributed by atoms with van der Waals surface area (Å²) in [6.07, 6.45) is 1.02. The molecule has 160 valence electrons. The fourth-order valence-electron chi connectivity index (χ4n) is 4.73. The van der Waals surface area contributed by atoms with Crippen LogP contribution < -0.4 is 9.80 Å². The van der Waals surface area contributed by atoms with Crippen LogP contribution in [0.2, 0.25) is 5.02 Å². The number of likely N-dealkylation sites (tertiary alicyclic amines) is 1. The summed E-state index contributed by atoms with van der Waals surface area (Å²) in [4.78, 5) is 17.0. The van der Waals surface area contributed by atoms with Gasteiger partial charge in [0.25, 0.3) is 0 Å². The zero-order chi connectivity index (χ0) is 21.5. The third-order valence-corrected chi connectivity index (χ3v) is 7.33. The van der Waals surface area contributed by atoms with Crippen LogP contribution in [0.25, 0.3) is 5.69 Å². The van der Waals surface area contributed by atoms with Crippen molar-refractivity contribution in [2.45, 2.75) is 30.5 Å². The van der Waals surface area contributed by atoms with Crippen molar-refractivity contribution >= 4 is 35.0 Å². The molecule has 1 N–H and O–H groups in total. The normalized spacial score (nSPS) is 22.3. The van der Waals surface area contributed by atoms with Gasteiger partial charge in [-0.2, -0.15) is 4.68 Å². The molecule has 3 aromatic rings. The lowest BCUT2D eigenvalue weighted by atomic mass is 9.89. The number of rotatable bonds is 4. The molecule has 1 unspecified atom stereocenters. The van der Waals surface area contributed by atoms with Gasteiger partial charge in [-0.15, -0.1) is 5.10 Å². The number of anilines is 1. The molecule has 3 heterocycles. The molecule has 0 bridgehead atoms. The summed E-state index contributed by atoms with van der Waals surface area (Å²) in [7, 11) is 2.24. The Morgan fingerprint density at radius 2 is 2.06 bits per heavy atom. The molecule has 1 saturated heterocycles. The average Bonchev–Trinajstić information content (AvgIpc) is 3.35. The maximum Gasteiger partial charge on any atom is 0.237 e. The number of nitrogens with zero attached hydrogens (tertiary/aromatic N) is 5. The molecule has 3 atom stereocenters. The molecule has 2 aromatic carbocycles. The topological polar surface area (TPSA) is 68.3 Å². The van der Waals surface area contributed by atoms with Crippen molar-refractivity contribution in [1.29, 1.82) is 0 Å². The maximum absolute atomic E-state index is 13.4. The second kappa shape index (κ2) is 8.26. The van der Waals surface area contributed by atoms with Crippen molar-refractivity contribution in [2.24, 2.45) is 0 Å². The summed E-state index contributed by atoms with van der Waals surface area (Å²) >= 11 is 7.35. The molecule has 5 rings (SSSR count). The van der Waals surface area contributed by atoms with Crippen LogP contribution in [0.3, 0.4) is 0 Å². The highest BCUT2D eigenvalue weighted by molar-refractivity contribution is 7.99. The number of carbonyl (C=O) groups is 1. The van der Waals surface area contributed by atoms with Crippen LogP contribution in [-0.4, -0.2) is 58.0 Å². The van der Waals surface area contributed by atoms with Gasteiger partial charge in [0, 0.05) is 17.1 Å². The van der Waals surface area contributed by atoms with E-state index in [4.69, 9.17) is 11.6 Å². The number of aryl methyl sites for hydroxylation is 1. The number of aromatic nitrogens is 4. The van der Waals surface area contributed by atoms with E-state index in [1.165, 1.54) is 27.8 Å². The first-order valence-corrected chi connectivity index (χ1v) is 11.8. The van der Waals surface area contributed by atoms with E-state index in [-0.39, 0.29) is 17.7 Å². The number of benzene rings is 2. The number of piperidine rings is 1. The van der Waals surface area contributed by atoms with E-state index in [9.17, 15) is 4.79 Å². The molecule has 1 aromatic heterocycles. The number of thioether (sulfide) groups is 1. The number of hydrogen-bond acceptors (Lipinski definition) is 5. The molecule has 0 radical (unpaired) electrons. The van der Waals surface area contributed by atoms with Crippen molar-refractivity contribution < 1.29 is 9.69 Å². The monoisotopic (exact) mass is 455 g/mol. The van der Waals surface area contributed by atoms with E-state index in [1.807, 2.05) is 17.0 Å². The smallest absolute Gasteiger partial charge is 0.237 e. The van der Waals surface area contributed by atoms with Crippen molar-refractivity contribution in [3.8, 4) is 5.69 Å². The summed E-state index contributed by atoms with van der Waals surface area (Å²) < 4.78 is 1.64. The number of halogens is 1. The second-order valence-electron chi connectivity index (χ2n) is 8.34. The van der Waals surface area contributed by atoms with Crippen LogP contribution in [0.5, 0.6) is 0 Å². The number of tetrazole rings is 1. The number of carbonyl (C=O) groups excluding carboxylic acids is 1. The molecule has 7 nitrogen and oxygen atoms in total. The summed E-state index contributed by atoms with van der Waals surface area (Å²) in [6.45, 7) is 4.26. The quantitative estimate of drug-likeness (QED) is 0.610. The van der Waals surface area contributed by atoms with Gasteiger partial charge in [-0.05, 0) is 53.2 Å². The number of quaternary nitrogens is 1. The number of fused-ring (bicyclic) bond motifs is 3. The lowest BCUT2D eigenvalue weighted by Gasteiger charge is -2.34. The van der Waals surface area contributed by atoms with Crippen molar-refractivity contribution in [1.82, 2.24) is 20.2 Å². The standard InChI is InChI=1S/C22H23ClN6OS/c1-14-3-8-19-17(11-14)18-12-27(2)10-9-20(18)28(19)21(30)13-31-22-24-25-26-29(22)16-6-4-15(23)5-7-16/h3-8,11,18,20H,9-10,12-13H2,1-2H3/p+1/t18-,20-/m1/s1. The maximum atomic E-state index is 13.4. The lowest BCUT2D eigenvalue weighted by Crippen LogP contribution is -3.11. The SMILES string of the molecule is Cc1ccc2c(c1)[C@H]1C[NH+](C)CC[C@H]1N2C(=O)CSc1nnnn1-c1ccc(Cl)cc1. The van der Waals surface area contributed by atoms with Gasteiger partial charge in [0.1, 0.15) is 0 Å². The van der Waals surface area contributed by atoms with Crippen molar-refractivity contribution in [3.63, 3.8) is 0 Å². The highest BCUT2D eigenvalue weighted by Gasteiger charge is 2.45. The Morgan fingerprint density at radius 3 is 2.87 bits per heavy atom. The molecular weight excluding hydrogens is 432 g/mol. The van der Waals surface area contributed by atoms with Gasteiger partial charge in [-0.3, -0.25) is 4.79 Å². The molecule has 9 heteroatoms. The summed E-state index contributed by atoms with van der Waals surface area (Å²) in [5, 5.41) is 13.2. The van der Waals surface area contributed by atoms with Gasteiger partial charge in [-0.1, -0.05) is 41.1 Å². The zero-order valence-corrected chi connectivity index (χ0v) is 19.0. The van der Waals surface area contributed by atoms with Gasteiger partial charge < -0.3 is 9.80 Å². The van der Waals surface area contributed by atoms with Gasteiger partial charge in [0.05, 0.1) is 43.5 Å². The average molecular weight is 456 g/mol. The minimum absolute atomic E-state index is 0.104. The van der Waals surface area contributed by atoms with E-state index in [1.54, 1.807) is 16.8 Å². The Hall–Kier alpha value is -2.42. The minimum Gasteiger partial charge on any atom is -0.337 e. The summed E-state index contributed by atoms with van der Waals surface area (Å²) in [5.74, 6) is 0.789. The molecule has 1 amide bonds. The van der Waals surface area contributed by atoms with E-state index in [0.717, 1.165) is 30.9 Å². The van der Waals surface area contributed by atoms with Gasteiger partial charge in [-0.25, -0.2) is 0 Å². The number of amides is 1. The highest BCUT2D eigenvalue weighted by atomic mass is 35.5. The molecule has 0 aliphatic carbocycles. The minimum atomic E-state index is 0.104. The Kier molecular flexibility index (Phi) is 5.45. The number of likely N-dealkylation sites (N-methyl/N-ethyl adjacent to an activating group) is 1. The van der Waals surface area contributed by atoms with Crippen LogP contribution in [0.1, 0.15) is 23.5 Å². The molecule has 1 fully saturated rings. The Balaban J connectivity index is 1.37. The molecular formula is C22H24ClN6OS+. The predicted octanol–water partition coefficient (Wildman–Crippen LogP) is 2.13. The van der Waals surface area contributed by atoms with Gasteiger partial charge in [0.15, 0.2) is 0 Å². The Labute approximate surface area is 190 Å².